The molecule has 3 aromatic rings. The van der Waals surface area contributed by atoms with E-state index in [1.807, 2.05) is 48.5 Å². The molecule has 0 saturated heterocycles. The van der Waals surface area contributed by atoms with E-state index in [4.69, 9.17) is 4.74 Å². The highest BCUT2D eigenvalue weighted by Crippen LogP contribution is 2.23. The van der Waals surface area contributed by atoms with E-state index in [1.165, 1.54) is 10.4 Å². The van der Waals surface area contributed by atoms with E-state index in [1.54, 1.807) is 18.4 Å². The third kappa shape index (κ3) is 4.47. The van der Waals surface area contributed by atoms with E-state index >= 15 is 0 Å². The summed E-state index contributed by atoms with van der Waals surface area (Å²) >= 11 is 1.70. The van der Waals surface area contributed by atoms with Gasteiger partial charge in [0.25, 0.3) is 5.91 Å². The number of methoxy groups -OCH3 is 1. The molecular formula is C20H21N2O2S+. The van der Waals surface area contributed by atoms with Gasteiger partial charge in [-0.1, -0.05) is 48.5 Å². The van der Waals surface area contributed by atoms with E-state index in [9.17, 15) is 4.79 Å². The number of amides is 1. The van der Waals surface area contributed by atoms with E-state index in [0.717, 1.165) is 0 Å². The Morgan fingerprint density at radius 2 is 1.84 bits per heavy atom. The Morgan fingerprint density at radius 3 is 2.56 bits per heavy atom. The summed E-state index contributed by atoms with van der Waals surface area (Å²) in [4.78, 5) is 13.6. The van der Waals surface area contributed by atoms with E-state index in [2.05, 4.69) is 34.2 Å². The Bertz CT molecular complexity index is 804. The van der Waals surface area contributed by atoms with Gasteiger partial charge < -0.3 is 15.4 Å². The van der Waals surface area contributed by atoms with Crippen LogP contribution in [0.3, 0.4) is 0 Å². The molecule has 0 aliphatic rings. The van der Waals surface area contributed by atoms with Crippen LogP contribution in [0, 0.1) is 0 Å². The van der Waals surface area contributed by atoms with Gasteiger partial charge in [0.1, 0.15) is 11.8 Å². The lowest BCUT2D eigenvalue weighted by Crippen LogP contribution is -2.87. The molecule has 2 aromatic carbocycles. The third-order valence-electron chi connectivity index (χ3n) is 3.93. The summed E-state index contributed by atoms with van der Waals surface area (Å²) in [6.07, 6.45) is 0. The zero-order valence-electron chi connectivity index (χ0n) is 14.0. The average molecular weight is 353 g/mol. The predicted molar refractivity (Wildman–Crippen MR) is 101 cm³/mol. The van der Waals surface area contributed by atoms with Crippen molar-refractivity contribution in [3.05, 3.63) is 82.6 Å². The largest absolute Gasteiger partial charge is 0.495 e. The molecule has 0 fully saturated rings. The maximum Gasteiger partial charge on any atom is 0.279 e. The first-order valence-corrected chi connectivity index (χ1v) is 9.00. The number of hydrogen-bond acceptors (Lipinski definition) is 3. The summed E-state index contributed by atoms with van der Waals surface area (Å²) in [5.74, 6) is 0.607. The summed E-state index contributed by atoms with van der Waals surface area (Å²) in [5.41, 5.74) is 1.88. The lowest BCUT2D eigenvalue weighted by Gasteiger charge is -2.15. The minimum Gasteiger partial charge on any atom is -0.495 e. The highest BCUT2D eigenvalue weighted by atomic mass is 32.1. The van der Waals surface area contributed by atoms with Crippen molar-refractivity contribution in [1.29, 1.82) is 0 Å². The molecule has 1 heterocycles. The zero-order chi connectivity index (χ0) is 17.5. The fraction of sp³-hybridized carbons (Fsp3) is 0.150. The number of nitrogens with two attached hydrogens (primary N) is 1. The summed E-state index contributed by atoms with van der Waals surface area (Å²) in [7, 11) is 1.60. The van der Waals surface area contributed by atoms with Crippen molar-refractivity contribution in [2.75, 3.05) is 19.0 Å². The second-order valence-corrected chi connectivity index (χ2v) is 6.57. The van der Waals surface area contributed by atoms with Gasteiger partial charge in [-0.05, 0) is 23.6 Å². The number of nitrogens with one attached hydrogen (secondary N) is 1. The van der Waals surface area contributed by atoms with Crippen LogP contribution in [-0.4, -0.2) is 19.6 Å². The van der Waals surface area contributed by atoms with Gasteiger partial charge >= 0.3 is 0 Å². The minimum absolute atomic E-state index is 0.0537. The fourth-order valence-electron chi connectivity index (χ4n) is 2.72. The molecular weight excluding hydrogens is 332 g/mol. The zero-order valence-corrected chi connectivity index (χ0v) is 14.8. The Kier molecular flexibility index (Phi) is 5.82. The number of anilines is 1. The molecule has 128 valence electrons. The van der Waals surface area contributed by atoms with Crippen molar-refractivity contribution in [1.82, 2.24) is 0 Å². The van der Waals surface area contributed by atoms with Crippen LogP contribution in [0.2, 0.25) is 0 Å². The van der Waals surface area contributed by atoms with Crippen LogP contribution in [-0.2, 0) is 4.79 Å². The predicted octanol–water partition coefficient (Wildman–Crippen LogP) is 3.05. The number of para-hydroxylation sites is 2. The molecule has 0 spiro atoms. The van der Waals surface area contributed by atoms with Gasteiger partial charge in [0.15, 0.2) is 6.54 Å². The Morgan fingerprint density at radius 1 is 1.08 bits per heavy atom. The summed E-state index contributed by atoms with van der Waals surface area (Å²) in [5, 5.41) is 7.05. The fourth-order valence-corrected chi connectivity index (χ4v) is 3.57. The maximum absolute atomic E-state index is 12.4. The van der Waals surface area contributed by atoms with Crippen LogP contribution in [0.4, 0.5) is 5.69 Å². The van der Waals surface area contributed by atoms with Crippen molar-refractivity contribution >= 4 is 22.9 Å². The summed E-state index contributed by atoms with van der Waals surface area (Å²) in [6.45, 7) is 0.329. The number of carbonyl (C=O) groups excluding carboxylic acids is 1. The SMILES string of the molecule is COc1ccccc1NC(=O)C[NH2+][C@@H](c1ccccc1)c1cccs1. The Hall–Kier alpha value is -2.63. The molecule has 0 unspecified atom stereocenters. The minimum atomic E-state index is -0.0537. The molecule has 0 radical (unpaired) electrons. The second kappa shape index (κ2) is 8.46. The standard InChI is InChI=1S/C20H20N2O2S/c1-24-17-11-6-5-10-16(17)22-19(23)14-21-20(18-12-7-13-25-18)15-8-3-2-4-9-15/h2-13,20-21H,14H2,1H3,(H,22,23)/p+1/t20-/m0/s1. The van der Waals surface area contributed by atoms with Crippen LogP contribution >= 0.6 is 11.3 Å². The highest BCUT2D eigenvalue weighted by Gasteiger charge is 2.20. The van der Waals surface area contributed by atoms with Crippen molar-refractivity contribution in [3.8, 4) is 5.75 Å². The van der Waals surface area contributed by atoms with E-state index in [-0.39, 0.29) is 11.9 Å². The van der Waals surface area contributed by atoms with Crippen LogP contribution in [0.15, 0.2) is 72.1 Å². The molecule has 0 aliphatic heterocycles. The van der Waals surface area contributed by atoms with Gasteiger partial charge in [0, 0.05) is 5.56 Å². The van der Waals surface area contributed by atoms with Crippen molar-refractivity contribution in [3.63, 3.8) is 0 Å². The Labute approximate surface area is 151 Å². The first-order valence-electron chi connectivity index (χ1n) is 8.12. The molecule has 3 rings (SSSR count). The molecule has 1 amide bonds. The van der Waals surface area contributed by atoms with Crippen LogP contribution in [0.1, 0.15) is 16.5 Å². The molecule has 3 N–H and O–H groups in total. The number of rotatable bonds is 7. The first kappa shape index (κ1) is 17.2. The summed E-state index contributed by atoms with van der Waals surface area (Å²) < 4.78 is 5.28. The molecule has 0 aliphatic carbocycles. The second-order valence-electron chi connectivity index (χ2n) is 5.59. The monoisotopic (exact) mass is 353 g/mol. The van der Waals surface area contributed by atoms with E-state index in [0.29, 0.717) is 18.0 Å². The lowest BCUT2D eigenvalue weighted by atomic mass is 10.1. The number of carbonyl (C=O) groups is 1. The molecule has 1 aromatic heterocycles. The molecule has 25 heavy (non-hydrogen) atoms. The third-order valence-corrected chi connectivity index (χ3v) is 4.88. The maximum atomic E-state index is 12.4. The number of quaternary nitrogens is 1. The highest BCUT2D eigenvalue weighted by molar-refractivity contribution is 7.10. The topological polar surface area (TPSA) is 54.9 Å². The van der Waals surface area contributed by atoms with Crippen molar-refractivity contribution in [2.45, 2.75) is 6.04 Å². The summed E-state index contributed by atoms with van der Waals surface area (Å²) in [6, 6.07) is 21.9. The Balaban J connectivity index is 1.68. The first-order chi connectivity index (χ1) is 12.3. The number of benzene rings is 2. The van der Waals surface area contributed by atoms with Gasteiger partial charge in [-0.2, -0.15) is 0 Å². The van der Waals surface area contributed by atoms with E-state index < -0.39 is 0 Å². The van der Waals surface area contributed by atoms with Gasteiger partial charge in [0.05, 0.1) is 17.7 Å². The average Bonchev–Trinajstić information content (AvgIpc) is 3.18. The number of thiophene rings is 1. The molecule has 4 nitrogen and oxygen atoms in total. The van der Waals surface area contributed by atoms with Crippen molar-refractivity contribution < 1.29 is 14.8 Å². The normalized spacial score (nSPS) is 11.7. The lowest BCUT2D eigenvalue weighted by molar-refractivity contribution is -0.675. The van der Waals surface area contributed by atoms with Crippen LogP contribution < -0.4 is 15.4 Å². The van der Waals surface area contributed by atoms with Crippen molar-refractivity contribution in [2.24, 2.45) is 0 Å². The van der Waals surface area contributed by atoms with Crippen LogP contribution in [0.5, 0.6) is 5.75 Å². The molecule has 5 heteroatoms. The smallest absolute Gasteiger partial charge is 0.279 e. The molecule has 0 saturated carbocycles. The molecule has 1 atom stereocenters. The quantitative estimate of drug-likeness (QED) is 0.686. The number of ether oxygens (including phenoxy) is 1. The number of hydrogen-bond donors (Lipinski definition) is 2. The molecule has 0 bridgehead atoms. The van der Waals surface area contributed by atoms with Gasteiger partial charge in [-0.25, -0.2) is 0 Å². The van der Waals surface area contributed by atoms with Crippen LogP contribution in [0.25, 0.3) is 0 Å². The van der Waals surface area contributed by atoms with Gasteiger partial charge in [0.2, 0.25) is 0 Å². The van der Waals surface area contributed by atoms with Gasteiger partial charge in [-0.15, -0.1) is 11.3 Å². The van der Waals surface area contributed by atoms with Gasteiger partial charge in [-0.3, -0.25) is 4.79 Å².